The van der Waals surface area contributed by atoms with Crippen LogP contribution in [0.3, 0.4) is 0 Å². The summed E-state index contributed by atoms with van der Waals surface area (Å²) in [6.07, 6.45) is -10.7. The zero-order valence-corrected chi connectivity index (χ0v) is 15.9. The van der Waals surface area contributed by atoms with Crippen LogP contribution in [-0.2, 0) is 0 Å². The Kier molecular flexibility index (Phi) is 8.50. The van der Waals surface area contributed by atoms with E-state index in [0.29, 0.717) is 30.7 Å². The van der Waals surface area contributed by atoms with Gasteiger partial charge in [-0.05, 0) is 24.6 Å². The number of nitrogens with zero attached hydrogens (tertiary/aromatic N) is 1. The van der Waals surface area contributed by atoms with E-state index < -0.39 is 30.8 Å². The average Bonchev–Trinajstić information content (AvgIpc) is 2.49. The number of benzene rings is 1. The second-order valence-electron chi connectivity index (χ2n) is 5.69. The Morgan fingerprint density at radius 1 is 1.12 bits per heavy atom. The molecule has 1 atom stereocenters. The van der Waals surface area contributed by atoms with E-state index in [1.54, 1.807) is 4.90 Å². The number of hydrogen-bond donors (Lipinski definition) is 1. The third-order valence-electron chi connectivity index (χ3n) is 3.85. The van der Waals surface area contributed by atoms with Gasteiger partial charge in [0.15, 0.2) is 0 Å². The van der Waals surface area contributed by atoms with Gasteiger partial charge in [-0.25, -0.2) is 0 Å². The van der Waals surface area contributed by atoms with Crippen LogP contribution in [0.5, 0.6) is 5.75 Å². The van der Waals surface area contributed by atoms with Crippen molar-refractivity contribution >= 4 is 28.3 Å². The van der Waals surface area contributed by atoms with Crippen molar-refractivity contribution in [3.05, 3.63) is 28.2 Å². The highest BCUT2D eigenvalue weighted by Crippen LogP contribution is 2.39. The van der Waals surface area contributed by atoms with E-state index in [2.05, 4.69) is 26.0 Å². The molecule has 1 aromatic rings. The Labute approximate surface area is 161 Å². The molecule has 0 aliphatic carbocycles. The van der Waals surface area contributed by atoms with Crippen LogP contribution in [0.15, 0.2) is 22.7 Å². The molecule has 1 saturated heterocycles. The Balaban J connectivity index is 0.00000338. The van der Waals surface area contributed by atoms with Crippen molar-refractivity contribution in [2.45, 2.75) is 31.4 Å². The van der Waals surface area contributed by atoms with Crippen molar-refractivity contribution in [3.8, 4) is 5.75 Å². The van der Waals surface area contributed by atoms with Gasteiger partial charge in [-0.3, -0.25) is 4.90 Å². The van der Waals surface area contributed by atoms with Crippen LogP contribution in [0.1, 0.15) is 24.4 Å². The van der Waals surface area contributed by atoms with Gasteiger partial charge in [0.2, 0.25) is 0 Å². The predicted octanol–water partition coefficient (Wildman–Crippen LogP) is 5.06. The molecule has 3 nitrogen and oxygen atoms in total. The monoisotopic (exact) mass is 470 g/mol. The zero-order chi connectivity index (χ0) is 18.7. The second kappa shape index (κ2) is 9.48. The summed E-state index contributed by atoms with van der Waals surface area (Å²) in [4.78, 5) is 1.76. The standard InChI is InChI=1S/C15H17BrF6N2O.ClH/c16-10-1-2-13(25-15(20,21)22)11(9-10)12(3-4-14(17,18)19)24-7-5-23-6-8-24;/h1-2,9,12,23H,3-8H2;1H/t12-;/m0./s1. The van der Waals surface area contributed by atoms with Crippen LogP contribution >= 0.6 is 28.3 Å². The fourth-order valence-electron chi connectivity index (χ4n) is 2.83. The Morgan fingerprint density at radius 2 is 1.73 bits per heavy atom. The van der Waals surface area contributed by atoms with Gasteiger partial charge in [-0.2, -0.15) is 13.2 Å². The SMILES string of the molecule is Cl.FC(F)(F)CC[C@@H](c1cc(Br)ccc1OC(F)(F)F)N1CCNCC1. The number of ether oxygens (including phenoxy) is 1. The summed E-state index contributed by atoms with van der Waals surface area (Å²) in [5, 5.41) is 3.07. The summed E-state index contributed by atoms with van der Waals surface area (Å²) in [6.45, 7) is 2.01. The molecule has 0 bridgehead atoms. The summed E-state index contributed by atoms with van der Waals surface area (Å²) >= 11 is 3.17. The van der Waals surface area contributed by atoms with Crippen LogP contribution in [0, 0.1) is 0 Å². The molecule has 1 aromatic carbocycles. The van der Waals surface area contributed by atoms with Crippen molar-refractivity contribution in [1.29, 1.82) is 0 Å². The van der Waals surface area contributed by atoms with E-state index in [9.17, 15) is 26.3 Å². The summed E-state index contributed by atoms with van der Waals surface area (Å²) in [5.74, 6) is -0.471. The number of nitrogens with one attached hydrogen (secondary N) is 1. The van der Waals surface area contributed by atoms with Crippen molar-refractivity contribution in [1.82, 2.24) is 10.2 Å². The van der Waals surface area contributed by atoms with E-state index in [1.807, 2.05) is 0 Å². The predicted molar refractivity (Wildman–Crippen MR) is 90.5 cm³/mol. The van der Waals surface area contributed by atoms with Crippen molar-refractivity contribution < 1.29 is 31.1 Å². The number of rotatable bonds is 5. The largest absolute Gasteiger partial charge is 0.573 e. The van der Waals surface area contributed by atoms with Gasteiger partial charge in [0, 0.05) is 48.7 Å². The molecule has 1 heterocycles. The van der Waals surface area contributed by atoms with Gasteiger partial charge in [-0.15, -0.1) is 25.6 Å². The molecule has 150 valence electrons. The summed E-state index contributed by atoms with van der Waals surface area (Å²) in [5.41, 5.74) is 0.0952. The molecule has 2 rings (SSSR count). The third-order valence-corrected chi connectivity index (χ3v) is 4.34. The van der Waals surface area contributed by atoms with Gasteiger partial charge in [0.05, 0.1) is 0 Å². The van der Waals surface area contributed by atoms with E-state index in [0.717, 1.165) is 6.07 Å². The van der Waals surface area contributed by atoms with E-state index in [1.165, 1.54) is 12.1 Å². The van der Waals surface area contributed by atoms with E-state index in [4.69, 9.17) is 0 Å². The highest BCUT2D eigenvalue weighted by Gasteiger charge is 2.36. The summed E-state index contributed by atoms with van der Waals surface area (Å²) in [6, 6.07) is 3.06. The van der Waals surface area contributed by atoms with Gasteiger partial charge in [-0.1, -0.05) is 15.9 Å². The fourth-order valence-corrected chi connectivity index (χ4v) is 3.21. The van der Waals surface area contributed by atoms with Crippen LogP contribution in [0.2, 0.25) is 0 Å². The van der Waals surface area contributed by atoms with Gasteiger partial charge in [0.25, 0.3) is 0 Å². The van der Waals surface area contributed by atoms with Gasteiger partial charge < -0.3 is 10.1 Å². The summed E-state index contributed by atoms with van der Waals surface area (Å²) in [7, 11) is 0. The van der Waals surface area contributed by atoms with Crippen LogP contribution < -0.4 is 10.1 Å². The number of hydrogen-bond acceptors (Lipinski definition) is 3. The Bertz CT molecular complexity index is 578. The van der Waals surface area contributed by atoms with Crippen molar-refractivity contribution in [2.75, 3.05) is 26.2 Å². The first-order chi connectivity index (χ1) is 11.6. The van der Waals surface area contributed by atoms with Crippen LogP contribution in [0.4, 0.5) is 26.3 Å². The Hall–Kier alpha value is -0.710. The smallest absolute Gasteiger partial charge is 0.405 e. The zero-order valence-electron chi connectivity index (χ0n) is 13.5. The Morgan fingerprint density at radius 3 is 2.27 bits per heavy atom. The lowest BCUT2D eigenvalue weighted by atomic mass is 9.98. The normalized spacial score (nSPS) is 17.5. The van der Waals surface area contributed by atoms with Gasteiger partial charge >= 0.3 is 12.5 Å². The molecular weight excluding hydrogens is 454 g/mol. The first-order valence-electron chi connectivity index (χ1n) is 7.62. The minimum atomic E-state index is -4.92. The quantitative estimate of drug-likeness (QED) is 0.608. The van der Waals surface area contributed by atoms with Crippen molar-refractivity contribution in [2.24, 2.45) is 0 Å². The maximum atomic E-state index is 12.7. The molecule has 0 unspecified atom stereocenters. The van der Waals surface area contributed by atoms with Crippen LogP contribution in [-0.4, -0.2) is 43.6 Å². The second-order valence-corrected chi connectivity index (χ2v) is 6.60. The lowest BCUT2D eigenvalue weighted by molar-refractivity contribution is -0.275. The number of piperazine rings is 1. The first-order valence-corrected chi connectivity index (χ1v) is 8.41. The molecule has 0 aromatic heterocycles. The number of halogens is 8. The van der Waals surface area contributed by atoms with E-state index in [-0.39, 0.29) is 24.4 Å². The molecule has 0 radical (unpaired) electrons. The molecule has 1 fully saturated rings. The summed E-state index contributed by atoms with van der Waals surface area (Å²) < 4.78 is 80.6. The first kappa shape index (κ1) is 23.3. The molecule has 0 saturated carbocycles. The topological polar surface area (TPSA) is 24.5 Å². The molecule has 1 aliphatic heterocycles. The van der Waals surface area contributed by atoms with Crippen molar-refractivity contribution in [3.63, 3.8) is 0 Å². The molecule has 0 spiro atoms. The highest BCUT2D eigenvalue weighted by atomic mass is 79.9. The average molecular weight is 472 g/mol. The fraction of sp³-hybridized carbons (Fsp3) is 0.600. The lowest BCUT2D eigenvalue weighted by Gasteiger charge is -2.36. The van der Waals surface area contributed by atoms with Crippen LogP contribution in [0.25, 0.3) is 0 Å². The molecular formula is C15H18BrClF6N2O. The number of alkyl halides is 6. The van der Waals surface area contributed by atoms with Gasteiger partial charge in [0.1, 0.15) is 5.75 Å². The van der Waals surface area contributed by atoms with E-state index >= 15 is 0 Å². The molecule has 1 aliphatic rings. The lowest BCUT2D eigenvalue weighted by Crippen LogP contribution is -2.45. The maximum Gasteiger partial charge on any atom is 0.573 e. The third kappa shape index (κ3) is 7.50. The molecule has 26 heavy (non-hydrogen) atoms. The molecule has 11 heteroatoms. The molecule has 0 amide bonds. The maximum absolute atomic E-state index is 12.7. The highest BCUT2D eigenvalue weighted by molar-refractivity contribution is 9.10. The minimum absolute atomic E-state index is 0. The minimum Gasteiger partial charge on any atom is -0.405 e. The molecule has 1 N–H and O–H groups in total.